The highest BCUT2D eigenvalue weighted by atomic mass is 35.5. The van der Waals surface area contributed by atoms with Gasteiger partial charge in [0.25, 0.3) is 0 Å². The van der Waals surface area contributed by atoms with E-state index in [1.54, 1.807) is 11.9 Å². The highest BCUT2D eigenvalue weighted by Gasteiger charge is 2.20. The average molecular weight is 196 g/mol. The third kappa shape index (κ3) is 1.42. The maximum Gasteiger partial charge on any atom is 0.227 e. The predicted octanol–water partition coefficient (Wildman–Crippen LogP) is 2.25. The van der Waals surface area contributed by atoms with E-state index in [1.807, 2.05) is 18.2 Å². The molecule has 1 aliphatic heterocycles. The normalized spacial score (nSPS) is 15.8. The first kappa shape index (κ1) is 8.57. The Labute approximate surface area is 82.1 Å². The Balaban J connectivity index is 2.49. The van der Waals surface area contributed by atoms with E-state index in [1.165, 1.54) is 0 Å². The second kappa shape index (κ2) is 3.04. The average Bonchev–Trinajstić information content (AvgIpc) is 2.12. The molecule has 0 radical (unpaired) electrons. The fourth-order valence-electron chi connectivity index (χ4n) is 1.63. The number of rotatable bonds is 0. The van der Waals surface area contributed by atoms with E-state index in [-0.39, 0.29) is 5.91 Å². The van der Waals surface area contributed by atoms with E-state index in [2.05, 4.69) is 0 Å². The van der Waals surface area contributed by atoms with Crippen LogP contribution in [0, 0.1) is 0 Å². The van der Waals surface area contributed by atoms with Crippen LogP contribution in [0.3, 0.4) is 0 Å². The molecule has 0 fully saturated rings. The molecule has 2 nitrogen and oxygen atoms in total. The zero-order valence-corrected chi connectivity index (χ0v) is 8.14. The number of carbonyl (C=O) groups is 1. The molecule has 1 aliphatic rings. The first-order chi connectivity index (χ1) is 6.18. The molecule has 1 aromatic rings. The van der Waals surface area contributed by atoms with Gasteiger partial charge in [-0.15, -0.1) is 0 Å². The Kier molecular flexibility index (Phi) is 2.00. The summed E-state index contributed by atoms with van der Waals surface area (Å²) in [6.45, 7) is 0. The van der Waals surface area contributed by atoms with Crippen molar-refractivity contribution < 1.29 is 4.79 Å². The number of hydrogen-bond acceptors (Lipinski definition) is 1. The Morgan fingerprint density at radius 2 is 2.15 bits per heavy atom. The highest BCUT2D eigenvalue weighted by Crippen LogP contribution is 2.28. The smallest absolute Gasteiger partial charge is 0.227 e. The summed E-state index contributed by atoms with van der Waals surface area (Å²) in [5.41, 5.74) is 2.15. The van der Waals surface area contributed by atoms with Gasteiger partial charge in [-0.1, -0.05) is 11.6 Å². The summed E-state index contributed by atoms with van der Waals surface area (Å²) in [6.07, 6.45) is 1.39. The molecule has 0 bridgehead atoms. The van der Waals surface area contributed by atoms with Crippen molar-refractivity contribution in [2.24, 2.45) is 0 Å². The van der Waals surface area contributed by atoms with E-state index in [9.17, 15) is 4.79 Å². The SMILES string of the molecule is CN1C(=O)CCc2cc(Cl)ccc21. The summed E-state index contributed by atoms with van der Waals surface area (Å²) in [5.74, 6) is 0.176. The van der Waals surface area contributed by atoms with Gasteiger partial charge in [-0.05, 0) is 30.2 Å². The fraction of sp³-hybridized carbons (Fsp3) is 0.300. The van der Waals surface area contributed by atoms with Crippen LogP contribution in [0.2, 0.25) is 5.02 Å². The molecule has 0 N–H and O–H groups in total. The van der Waals surface area contributed by atoms with Gasteiger partial charge in [0.2, 0.25) is 5.91 Å². The second-order valence-electron chi connectivity index (χ2n) is 3.23. The lowest BCUT2D eigenvalue weighted by atomic mass is 10.0. The maximum atomic E-state index is 11.3. The molecular weight excluding hydrogens is 186 g/mol. The first-order valence-corrected chi connectivity index (χ1v) is 4.61. The van der Waals surface area contributed by atoms with E-state index < -0.39 is 0 Å². The first-order valence-electron chi connectivity index (χ1n) is 4.23. The van der Waals surface area contributed by atoms with Crippen LogP contribution < -0.4 is 4.90 Å². The van der Waals surface area contributed by atoms with Crippen molar-refractivity contribution in [1.82, 2.24) is 0 Å². The summed E-state index contributed by atoms with van der Waals surface area (Å²) in [6, 6.07) is 5.64. The van der Waals surface area contributed by atoms with Crippen molar-refractivity contribution in [2.45, 2.75) is 12.8 Å². The molecule has 2 rings (SSSR count). The highest BCUT2D eigenvalue weighted by molar-refractivity contribution is 6.30. The second-order valence-corrected chi connectivity index (χ2v) is 3.66. The van der Waals surface area contributed by atoms with Crippen molar-refractivity contribution in [3.63, 3.8) is 0 Å². The zero-order chi connectivity index (χ0) is 9.42. The summed E-state index contributed by atoms with van der Waals surface area (Å²) >= 11 is 5.86. The third-order valence-electron chi connectivity index (χ3n) is 2.39. The number of benzene rings is 1. The molecule has 0 atom stereocenters. The number of anilines is 1. The van der Waals surface area contributed by atoms with Gasteiger partial charge in [0.05, 0.1) is 0 Å². The van der Waals surface area contributed by atoms with Gasteiger partial charge in [-0.3, -0.25) is 4.79 Å². The van der Waals surface area contributed by atoms with Gasteiger partial charge in [0.15, 0.2) is 0 Å². The molecular formula is C10H10ClNO. The molecule has 68 valence electrons. The van der Waals surface area contributed by atoms with Crippen LogP contribution in [-0.4, -0.2) is 13.0 Å². The lowest BCUT2D eigenvalue weighted by molar-refractivity contribution is -0.118. The van der Waals surface area contributed by atoms with E-state index in [0.717, 1.165) is 22.7 Å². The van der Waals surface area contributed by atoms with E-state index in [0.29, 0.717) is 6.42 Å². The largest absolute Gasteiger partial charge is 0.315 e. The van der Waals surface area contributed by atoms with Gasteiger partial charge in [0, 0.05) is 24.2 Å². The van der Waals surface area contributed by atoms with Crippen LogP contribution in [0.4, 0.5) is 5.69 Å². The molecule has 0 spiro atoms. The monoisotopic (exact) mass is 195 g/mol. The molecule has 0 unspecified atom stereocenters. The zero-order valence-electron chi connectivity index (χ0n) is 7.38. The lowest BCUT2D eigenvalue weighted by Crippen LogP contribution is -2.30. The molecule has 1 amide bonds. The van der Waals surface area contributed by atoms with Crippen LogP contribution in [0.25, 0.3) is 0 Å². The third-order valence-corrected chi connectivity index (χ3v) is 2.62. The van der Waals surface area contributed by atoms with Gasteiger partial charge < -0.3 is 4.90 Å². The molecule has 3 heteroatoms. The molecule has 1 aromatic carbocycles. The number of aryl methyl sites for hydroxylation is 1. The fourth-order valence-corrected chi connectivity index (χ4v) is 1.82. The summed E-state index contributed by atoms with van der Waals surface area (Å²) in [7, 11) is 1.80. The van der Waals surface area contributed by atoms with Crippen LogP contribution in [0.5, 0.6) is 0 Å². The Bertz CT molecular complexity index is 362. The number of fused-ring (bicyclic) bond motifs is 1. The van der Waals surface area contributed by atoms with Gasteiger partial charge in [0.1, 0.15) is 0 Å². The Morgan fingerprint density at radius 3 is 2.92 bits per heavy atom. The number of amides is 1. The van der Waals surface area contributed by atoms with Crippen molar-refractivity contribution >= 4 is 23.2 Å². The molecule has 13 heavy (non-hydrogen) atoms. The van der Waals surface area contributed by atoms with Crippen molar-refractivity contribution in [2.75, 3.05) is 11.9 Å². The van der Waals surface area contributed by atoms with Crippen LogP contribution in [0.1, 0.15) is 12.0 Å². The van der Waals surface area contributed by atoms with Crippen molar-refractivity contribution in [1.29, 1.82) is 0 Å². The van der Waals surface area contributed by atoms with E-state index >= 15 is 0 Å². The molecule has 0 saturated heterocycles. The summed E-state index contributed by atoms with van der Waals surface area (Å²) in [5, 5.41) is 0.737. The number of halogens is 1. The topological polar surface area (TPSA) is 20.3 Å². The van der Waals surface area contributed by atoms with Gasteiger partial charge in [-0.2, -0.15) is 0 Å². The van der Waals surface area contributed by atoms with Gasteiger partial charge >= 0.3 is 0 Å². The Morgan fingerprint density at radius 1 is 1.38 bits per heavy atom. The Hall–Kier alpha value is -1.02. The van der Waals surface area contributed by atoms with Crippen LogP contribution >= 0.6 is 11.6 Å². The number of carbonyl (C=O) groups excluding carboxylic acids is 1. The maximum absolute atomic E-state index is 11.3. The number of nitrogens with zero attached hydrogens (tertiary/aromatic N) is 1. The minimum Gasteiger partial charge on any atom is -0.315 e. The standard InChI is InChI=1S/C10H10ClNO/c1-12-9-4-3-8(11)6-7(9)2-5-10(12)13/h3-4,6H,2,5H2,1H3. The molecule has 0 saturated carbocycles. The van der Waals surface area contributed by atoms with Crippen molar-refractivity contribution in [3.05, 3.63) is 28.8 Å². The van der Waals surface area contributed by atoms with Crippen LogP contribution in [0.15, 0.2) is 18.2 Å². The molecule has 0 aromatic heterocycles. The minimum absolute atomic E-state index is 0.176. The predicted molar refractivity (Wildman–Crippen MR) is 53.2 cm³/mol. The summed E-state index contributed by atoms with van der Waals surface area (Å²) in [4.78, 5) is 13.0. The lowest BCUT2D eigenvalue weighted by Gasteiger charge is -2.25. The quantitative estimate of drug-likeness (QED) is 0.622. The summed E-state index contributed by atoms with van der Waals surface area (Å²) < 4.78 is 0. The minimum atomic E-state index is 0.176. The van der Waals surface area contributed by atoms with Gasteiger partial charge in [-0.25, -0.2) is 0 Å². The number of hydrogen-bond donors (Lipinski definition) is 0. The van der Waals surface area contributed by atoms with Crippen molar-refractivity contribution in [3.8, 4) is 0 Å². The van der Waals surface area contributed by atoms with E-state index in [4.69, 9.17) is 11.6 Å². The molecule has 0 aliphatic carbocycles. The molecule has 1 heterocycles. The van der Waals surface area contributed by atoms with Crippen LogP contribution in [-0.2, 0) is 11.2 Å².